The molecule has 0 saturated heterocycles. The first kappa shape index (κ1) is 16.6. The van der Waals surface area contributed by atoms with E-state index in [0.29, 0.717) is 0 Å². The Bertz CT molecular complexity index is 885. The number of nitrogens with zero attached hydrogens (tertiary/aromatic N) is 2. The van der Waals surface area contributed by atoms with Crippen LogP contribution in [0, 0.1) is 5.82 Å². The van der Waals surface area contributed by atoms with Crippen LogP contribution in [0.1, 0.15) is 15.9 Å². The molecule has 0 atom stereocenters. The van der Waals surface area contributed by atoms with E-state index in [1.807, 2.05) is 18.2 Å². The highest BCUT2D eigenvalue weighted by atomic mass is 19.1. The van der Waals surface area contributed by atoms with Crippen molar-refractivity contribution >= 4 is 5.91 Å². The summed E-state index contributed by atoms with van der Waals surface area (Å²) >= 11 is 0. The molecule has 126 valence electrons. The van der Waals surface area contributed by atoms with Gasteiger partial charge in [0.2, 0.25) is 0 Å². The van der Waals surface area contributed by atoms with E-state index < -0.39 is 5.82 Å². The van der Waals surface area contributed by atoms with Crippen LogP contribution in [-0.2, 0) is 6.54 Å². The molecule has 1 N–H and O–H groups in total. The molecule has 2 heterocycles. The van der Waals surface area contributed by atoms with Crippen LogP contribution in [0.2, 0.25) is 0 Å². The molecule has 2 aromatic heterocycles. The smallest absolute Gasteiger partial charge is 0.251 e. The van der Waals surface area contributed by atoms with Crippen molar-refractivity contribution in [3.8, 4) is 17.0 Å². The molecule has 1 aromatic carbocycles. The zero-order valence-corrected chi connectivity index (χ0v) is 13.6. The van der Waals surface area contributed by atoms with Crippen molar-refractivity contribution < 1.29 is 13.9 Å². The Morgan fingerprint density at radius 1 is 1.20 bits per heavy atom. The summed E-state index contributed by atoms with van der Waals surface area (Å²) in [6.45, 7) is 0.268. The summed E-state index contributed by atoms with van der Waals surface area (Å²) in [6, 6.07) is 11.5. The lowest BCUT2D eigenvalue weighted by Crippen LogP contribution is -2.23. The van der Waals surface area contributed by atoms with Crippen molar-refractivity contribution in [3.63, 3.8) is 0 Å². The van der Waals surface area contributed by atoms with Crippen molar-refractivity contribution in [2.24, 2.45) is 0 Å². The van der Waals surface area contributed by atoms with E-state index >= 15 is 0 Å². The van der Waals surface area contributed by atoms with Gasteiger partial charge in [0.05, 0.1) is 12.8 Å². The number of methoxy groups -OCH3 is 1. The molecule has 0 radical (unpaired) electrons. The number of pyridine rings is 2. The number of benzene rings is 1. The fraction of sp³-hybridized carbons (Fsp3) is 0.105. The molecule has 25 heavy (non-hydrogen) atoms. The van der Waals surface area contributed by atoms with Crippen LogP contribution in [0.5, 0.6) is 5.75 Å². The Hall–Kier alpha value is -3.28. The average Bonchev–Trinajstić information content (AvgIpc) is 2.67. The Balaban J connectivity index is 1.76. The standard InChI is InChI=1S/C19H16FN3O2/c1-25-17-7-6-13(10-16(17)20)19(24)23-12-15-5-3-9-22-18(15)14-4-2-8-21-11-14/h2-11H,12H2,1H3,(H,23,24). The van der Waals surface area contributed by atoms with E-state index in [2.05, 4.69) is 15.3 Å². The normalized spacial score (nSPS) is 10.3. The van der Waals surface area contributed by atoms with Crippen LogP contribution in [-0.4, -0.2) is 23.0 Å². The number of aromatic nitrogens is 2. The number of carbonyl (C=O) groups excluding carboxylic acids is 1. The van der Waals surface area contributed by atoms with Crippen LogP contribution >= 0.6 is 0 Å². The summed E-state index contributed by atoms with van der Waals surface area (Å²) < 4.78 is 18.6. The molecule has 0 aliphatic heterocycles. The molecule has 0 aliphatic rings. The minimum absolute atomic E-state index is 0.0997. The Morgan fingerprint density at radius 3 is 2.76 bits per heavy atom. The second kappa shape index (κ2) is 7.53. The fourth-order valence-corrected chi connectivity index (χ4v) is 2.43. The van der Waals surface area contributed by atoms with Crippen LogP contribution < -0.4 is 10.1 Å². The number of hydrogen-bond donors (Lipinski definition) is 1. The summed E-state index contributed by atoms with van der Waals surface area (Å²) in [7, 11) is 1.38. The van der Waals surface area contributed by atoms with Gasteiger partial charge in [-0.15, -0.1) is 0 Å². The monoisotopic (exact) mass is 337 g/mol. The van der Waals surface area contributed by atoms with E-state index in [9.17, 15) is 9.18 Å². The van der Waals surface area contributed by atoms with Gasteiger partial charge in [-0.1, -0.05) is 6.07 Å². The minimum Gasteiger partial charge on any atom is -0.494 e. The molecule has 5 nitrogen and oxygen atoms in total. The van der Waals surface area contributed by atoms with Gasteiger partial charge in [0.15, 0.2) is 11.6 Å². The molecule has 0 bridgehead atoms. The third kappa shape index (κ3) is 3.80. The number of halogens is 1. The van der Waals surface area contributed by atoms with Gasteiger partial charge in [0.25, 0.3) is 5.91 Å². The highest BCUT2D eigenvalue weighted by Crippen LogP contribution is 2.20. The van der Waals surface area contributed by atoms with E-state index in [1.165, 1.54) is 19.2 Å². The van der Waals surface area contributed by atoms with Crippen molar-refractivity contribution in [2.75, 3.05) is 7.11 Å². The molecule has 0 fully saturated rings. The van der Waals surface area contributed by atoms with Gasteiger partial charge >= 0.3 is 0 Å². The van der Waals surface area contributed by atoms with Gasteiger partial charge in [-0.3, -0.25) is 14.8 Å². The predicted octanol–water partition coefficient (Wildman–Crippen LogP) is 3.22. The van der Waals surface area contributed by atoms with Crippen molar-refractivity contribution in [1.82, 2.24) is 15.3 Å². The van der Waals surface area contributed by atoms with Crippen LogP contribution in [0.4, 0.5) is 4.39 Å². The number of carbonyl (C=O) groups is 1. The molecule has 3 rings (SSSR count). The summed E-state index contributed by atoms with van der Waals surface area (Å²) in [4.78, 5) is 20.7. The number of nitrogens with one attached hydrogen (secondary N) is 1. The van der Waals surface area contributed by atoms with Gasteiger partial charge in [0, 0.05) is 36.3 Å². The molecule has 0 spiro atoms. The Morgan fingerprint density at radius 2 is 2.04 bits per heavy atom. The fourth-order valence-electron chi connectivity index (χ4n) is 2.43. The second-order valence-electron chi connectivity index (χ2n) is 5.28. The molecular formula is C19H16FN3O2. The largest absolute Gasteiger partial charge is 0.494 e. The predicted molar refractivity (Wildman–Crippen MR) is 91.6 cm³/mol. The maximum absolute atomic E-state index is 13.7. The maximum Gasteiger partial charge on any atom is 0.251 e. The Kier molecular flexibility index (Phi) is 4.99. The third-order valence-electron chi connectivity index (χ3n) is 3.68. The van der Waals surface area contributed by atoms with Crippen LogP contribution in [0.25, 0.3) is 11.3 Å². The molecule has 1 amide bonds. The van der Waals surface area contributed by atoms with Crippen molar-refractivity contribution in [2.45, 2.75) is 6.54 Å². The lowest BCUT2D eigenvalue weighted by Gasteiger charge is -2.10. The first-order chi connectivity index (χ1) is 12.2. The van der Waals surface area contributed by atoms with Crippen LogP contribution in [0.3, 0.4) is 0 Å². The first-order valence-electron chi connectivity index (χ1n) is 7.65. The van der Waals surface area contributed by atoms with Gasteiger partial charge in [-0.25, -0.2) is 4.39 Å². The number of rotatable bonds is 5. The summed E-state index contributed by atoms with van der Waals surface area (Å²) in [5.41, 5.74) is 2.68. The first-order valence-corrected chi connectivity index (χ1v) is 7.65. The number of amides is 1. The van der Waals surface area contributed by atoms with E-state index in [-0.39, 0.29) is 23.8 Å². The Labute approximate surface area is 144 Å². The maximum atomic E-state index is 13.7. The third-order valence-corrected chi connectivity index (χ3v) is 3.68. The highest BCUT2D eigenvalue weighted by Gasteiger charge is 2.12. The van der Waals surface area contributed by atoms with Crippen molar-refractivity contribution in [3.05, 3.63) is 78.0 Å². The van der Waals surface area contributed by atoms with E-state index in [4.69, 9.17) is 4.74 Å². The van der Waals surface area contributed by atoms with Crippen molar-refractivity contribution in [1.29, 1.82) is 0 Å². The van der Waals surface area contributed by atoms with Gasteiger partial charge in [-0.05, 0) is 42.0 Å². The molecule has 6 heteroatoms. The lowest BCUT2D eigenvalue weighted by atomic mass is 10.1. The topological polar surface area (TPSA) is 64.1 Å². The highest BCUT2D eigenvalue weighted by molar-refractivity contribution is 5.94. The zero-order valence-electron chi connectivity index (χ0n) is 13.6. The molecule has 3 aromatic rings. The SMILES string of the molecule is COc1ccc(C(=O)NCc2cccnc2-c2cccnc2)cc1F. The van der Waals surface area contributed by atoms with E-state index in [0.717, 1.165) is 22.9 Å². The molecule has 0 saturated carbocycles. The molecule has 0 unspecified atom stereocenters. The minimum atomic E-state index is -0.576. The zero-order chi connectivity index (χ0) is 17.6. The molecule has 0 aliphatic carbocycles. The van der Waals surface area contributed by atoms with Gasteiger partial charge in [0.1, 0.15) is 0 Å². The van der Waals surface area contributed by atoms with Gasteiger partial charge in [-0.2, -0.15) is 0 Å². The van der Waals surface area contributed by atoms with Gasteiger partial charge < -0.3 is 10.1 Å². The number of ether oxygens (including phenoxy) is 1. The summed E-state index contributed by atoms with van der Waals surface area (Å²) in [6.07, 6.45) is 5.09. The van der Waals surface area contributed by atoms with Crippen LogP contribution in [0.15, 0.2) is 61.1 Å². The summed E-state index contributed by atoms with van der Waals surface area (Å²) in [5, 5.41) is 2.78. The lowest BCUT2D eigenvalue weighted by molar-refractivity contribution is 0.0950. The second-order valence-corrected chi connectivity index (χ2v) is 5.28. The van der Waals surface area contributed by atoms with E-state index in [1.54, 1.807) is 24.7 Å². The quantitative estimate of drug-likeness (QED) is 0.776. The molecular weight excluding hydrogens is 321 g/mol. The average molecular weight is 337 g/mol. The summed E-state index contributed by atoms with van der Waals surface area (Å²) in [5.74, 6) is -0.849. The number of hydrogen-bond acceptors (Lipinski definition) is 4.